The average molecular weight is 200 g/mol. The first-order valence-electron chi connectivity index (χ1n) is 5.71. The van der Waals surface area contributed by atoms with Crippen molar-refractivity contribution in [3.8, 4) is 0 Å². The largest absolute Gasteiger partial charge is 0.342 e. The summed E-state index contributed by atoms with van der Waals surface area (Å²) in [7, 11) is 0. The number of imidazole rings is 1. The van der Waals surface area contributed by atoms with Crippen LogP contribution in [-0.2, 0) is 0 Å². The van der Waals surface area contributed by atoms with Crippen molar-refractivity contribution in [1.82, 2.24) is 9.97 Å². The van der Waals surface area contributed by atoms with Gasteiger partial charge in [0.1, 0.15) is 5.82 Å². The molecule has 0 bridgehead atoms. The molecule has 78 valence electrons. The second-order valence-electron chi connectivity index (χ2n) is 4.73. The number of fused-ring (bicyclic) bond motifs is 1. The molecule has 0 unspecified atom stereocenters. The van der Waals surface area contributed by atoms with Gasteiger partial charge in [-0.1, -0.05) is 12.5 Å². The lowest BCUT2D eigenvalue weighted by Gasteiger charge is -2.22. The molecule has 1 aliphatic rings. The quantitative estimate of drug-likeness (QED) is 0.750. The van der Waals surface area contributed by atoms with Crippen molar-refractivity contribution in [2.45, 2.75) is 39.0 Å². The summed E-state index contributed by atoms with van der Waals surface area (Å²) in [6, 6.07) is 4.39. The molecule has 1 aliphatic carbocycles. The molecule has 2 aromatic rings. The van der Waals surface area contributed by atoms with E-state index in [9.17, 15) is 0 Å². The molecule has 15 heavy (non-hydrogen) atoms. The summed E-state index contributed by atoms with van der Waals surface area (Å²) in [5.74, 6) is 1.89. The number of hydrogen-bond donors (Lipinski definition) is 1. The van der Waals surface area contributed by atoms with E-state index in [4.69, 9.17) is 4.98 Å². The fraction of sp³-hybridized carbons (Fsp3) is 0.462. The lowest BCUT2D eigenvalue weighted by Crippen LogP contribution is -2.10. The third-order valence-corrected chi connectivity index (χ3v) is 3.43. The fourth-order valence-corrected chi connectivity index (χ4v) is 2.37. The molecular weight excluding hydrogens is 184 g/mol. The van der Waals surface area contributed by atoms with Crippen molar-refractivity contribution in [3.05, 3.63) is 29.1 Å². The second-order valence-corrected chi connectivity index (χ2v) is 4.73. The molecule has 0 radical (unpaired) electrons. The zero-order chi connectivity index (χ0) is 10.4. The van der Waals surface area contributed by atoms with Crippen molar-refractivity contribution in [2.24, 2.45) is 0 Å². The van der Waals surface area contributed by atoms with Crippen LogP contribution in [0.4, 0.5) is 0 Å². The van der Waals surface area contributed by atoms with E-state index in [1.807, 2.05) is 0 Å². The Bertz CT molecular complexity index is 506. The topological polar surface area (TPSA) is 28.7 Å². The minimum Gasteiger partial charge on any atom is -0.342 e. The Balaban J connectivity index is 2.16. The zero-order valence-corrected chi connectivity index (χ0v) is 9.30. The number of benzene rings is 1. The lowest BCUT2D eigenvalue weighted by atomic mass is 9.85. The number of rotatable bonds is 1. The molecule has 1 aromatic heterocycles. The Morgan fingerprint density at radius 3 is 2.73 bits per heavy atom. The van der Waals surface area contributed by atoms with Gasteiger partial charge in [-0.25, -0.2) is 4.98 Å². The van der Waals surface area contributed by atoms with Gasteiger partial charge < -0.3 is 4.98 Å². The van der Waals surface area contributed by atoms with Gasteiger partial charge in [0.15, 0.2) is 0 Å². The Morgan fingerprint density at radius 2 is 2.07 bits per heavy atom. The van der Waals surface area contributed by atoms with Crippen LogP contribution in [0.5, 0.6) is 0 Å². The summed E-state index contributed by atoms with van der Waals surface area (Å²) >= 11 is 0. The van der Waals surface area contributed by atoms with Gasteiger partial charge in [0.25, 0.3) is 0 Å². The zero-order valence-electron chi connectivity index (χ0n) is 9.30. The van der Waals surface area contributed by atoms with E-state index in [1.165, 1.54) is 41.7 Å². The lowest BCUT2D eigenvalue weighted by molar-refractivity contribution is 0.405. The third kappa shape index (κ3) is 1.36. The molecule has 2 nitrogen and oxygen atoms in total. The number of aryl methyl sites for hydroxylation is 2. The van der Waals surface area contributed by atoms with E-state index in [1.54, 1.807) is 0 Å². The molecule has 2 heteroatoms. The van der Waals surface area contributed by atoms with Gasteiger partial charge in [0.2, 0.25) is 0 Å². The highest BCUT2D eigenvalue weighted by atomic mass is 14.9. The van der Waals surface area contributed by atoms with Gasteiger partial charge in [0.05, 0.1) is 11.0 Å². The highest BCUT2D eigenvalue weighted by Gasteiger charge is 2.22. The van der Waals surface area contributed by atoms with Crippen molar-refractivity contribution in [2.75, 3.05) is 0 Å². The number of aromatic nitrogens is 2. The number of H-pyrrole nitrogens is 1. The Morgan fingerprint density at radius 1 is 1.27 bits per heavy atom. The smallest absolute Gasteiger partial charge is 0.110 e. The maximum absolute atomic E-state index is 4.72. The van der Waals surface area contributed by atoms with Crippen LogP contribution in [0.1, 0.15) is 42.1 Å². The SMILES string of the molecule is Cc1cc(C)c2nc(C3CCC3)[nH]c2c1. The molecule has 1 N–H and O–H groups in total. The minimum atomic E-state index is 0.692. The summed E-state index contributed by atoms with van der Waals surface area (Å²) in [5, 5.41) is 0. The van der Waals surface area contributed by atoms with E-state index in [0.29, 0.717) is 5.92 Å². The summed E-state index contributed by atoms with van der Waals surface area (Å²) in [6.07, 6.45) is 3.97. The monoisotopic (exact) mass is 200 g/mol. The Labute approximate surface area is 89.7 Å². The van der Waals surface area contributed by atoms with Gasteiger partial charge in [-0.05, 0) is 43.9 Å². The van der Waals surface area contributed by atoms with E-state index in [-0.39, 0.29) is 0 Å². The number of nitrogens with one attached hydrogen (secondary N) is 1. The first kappa shape index (κ1) is 8.96. The van der Waals surface area contributed by atoms with Crippen LogP contribution in [-0.4, -0.2) is 9.97 Å². The van der Waals surface area contributed by atoms with Crippen molar-refractivity contribution < 1.29 is 0 Å². The standard InChI is InChI=1S/C13H16N2/c1-8-6-9(2)12-11(7-8)14-13(15-12)10-4-3-5-10/h6-7,10H,3-5H2,1-2H3,(H,14,15). The van der Waals surface area contributed by atoms with E-state index in [2.05, 4.69) is 31.0 Å². The van der Waals surface area contributed by atoms with Gasteiger partial charge >= 0.3 is 0 Å². The highest BCUT2D eigenvalue weighted by Crippen LogP contribution is 2.35. The van der Waals surface area contributed by atoms with Crippen LogP contribution >= 0.6 is 0 Å². The van der Waals surface area contributed by atoms with Crippen LogP contribution < -0.4 is 0 Å². The maximum atomic E-state index is 4.72. The molecule has 3 rings (SSSR count). The van der Waals surface area contributed by atoms with Gasteiger partial charge in [-0.2, -0.15) is 0 Å². The average Bonchev–Trinajstić information content (AvgIpc) is 2.44. The number of hydrogen-bond acceptors (Lipinski definition) is 1. The van der Waals surface area contributed by atoms with Gasteiger partial charge in [0, 0.05) is 5.92 Å². The van der Waals surface area contributed by atoms with Crippen LogP contribution in [0.25, 0.3) is 11.0 Å². The Kier molecular flexibility index (Phi) is 1.84. The summed E-state index contributed by atoms with van der Waals surface area (Å²) < 4.78 is 0. The molecule has 1 saturated carbocycles. The molecule has 0 amide bonds. The van der Waals surface area contributed by atoms with Crippen LogP contribution in [0, 0.1) is 13.8 Å². The molecule has 1 aromatic carbocycles. The molecule has 0 spiro atoms. The molecular formula is C13H16N2. The van der Waals surface area contributed by atoms with Crippen molar-refractivity contribution in [1.29, 1.82) is 0 Å². The Hall–Kier alpha value is -1.31. The molecule has 0 aliphatic heterocycles. The summed E-state index contributed by atoms with van der Waals surface area (Å²) in [6.45, 7) is 4.27. The summed E-state index contributed by atoms with van der Waals surface area (Å²) in [4.78, 5) is 8.19. The summed E-state index contributed by atoms with van der Waals surface area (Å²) in [5.41, 5.74) is 4.95. The molecule has 0 saturated heterocycles. The third-order valence-electron chi connectivity index (χ3n) is 3.43. The second kappa shape index (κ2) is 3.09. The predicted molar refractivity (Wildman–Crippen MR) is 62.2 cm³/mol. The van der Waals surface area contributed by atoms with Crippen LogP contribution in [0.3, 0.4) is 0 Å². The first-order chi connectivity index (χ1) is 7.24. The molecule has 1 heterocycles. The van der Waals surface area contributed by atoms with Crippen LogP contribution in [0.15, 0.2) is 12.1 Å². The molecule has 0 atom stereocenters. The predicted octanol–water partition coefficient (Wildman–Crippen LogP) is 3.45. The number of aromatic amines is 1. The van der Waals surface area contributed by atoms with Crippen LogP contribution in [0.2, 0.25) is 0 Å². The fourth-order valence-electron chi connectivity index (χ4n) is 2.37. The number of nitrogens with zero attached hydrogens (tertiary/aromatic N) is 1. The highest BCUT2D eigenvalue weighted by molar-refractivity contribution is 5.79. The molecule has 1 fully saturated rings. The van der Waals surface area contributed by atoms with E-state index >= 15 is 0 Å². The minimum absolute atomic E-state index is 0.692. The maximum Gasteiger partial charge on any atom is 0.110 e. The normalized spacial score (nSPS) is 16.9. The van der Waals surface area contributed by atoms with Crippen molar-refractivity contribution >= 4 is 11.0 Å². The van der Waals surface area contributed by atoms with Gasteiger partial charge in [-0.3, -0.25) is 0 Å². The van der Waals surface area contributed by atoms with E-state index < -0.39 is 0 Å². The van der Waals surface area contributed by atoms with E-state index in [0.717, 1.165) is 5.52 Å². The first-order valence-corrected chi connectivity index (χ1v) is 5.71. The van der Waals surface area contributed by atoms with Crippen molar-refractivity contribution in [3.63, 3.8) is 0 Å². The van der Waals surface area contributed by atoms with Gasteiger partial charge in [-0.15, -0.1) is 0 Å².